The number of benzene rings is 2. The number of hydrogen-bond donors (Lipinski definition) is 0. The molecule has 2 fully saturated rings. The Bertz CT molecular complexity index is 1140. The standard InChI is InChI=1S/C26H25FN2O3/c27-20-10-11-23-22(15-20)21(12-13-28-23)18-8-6-17(7-9-18)14-25(30)29-24(16-32-26(29)31)19-4-2-1-3-5-19/h1-5,10-13,15,17-18,24H,6-9,14,16H2. The Morgan fingerprint density at radius 1 is 1.06 bits per heavy atom. The molecule has 3 aromatic rings. The summed E-state index contributed by atoms with van der Waals surface area (Å²) in [7, 11) is 0. The van der Waals surface area contributed by atoms with E-state index in [1.54, 1.807) is 18.3 Å². The second kappa shape index (κ2) is 8.69. The average Bonchev–Trinajstić information content (AvgIpc) is 3.21. The first kappa shape index (κ1) is 20.6. The Labute approximate surface area is 186 Å². The van der Waals surface area contributed by atoms with E-state index in [2.05, 4.69) is 4.98 Å². The molecule has 1 aromatic heterocycles. The van der Waals surface area contributed by atoms with E-state index in [0.717, 1.165) is 47.7 Å². The third-order valence-electron chi connectivity index (χ3n) is 6.81. The van der Waals surface area contributed by atoms with E-state index in [1.807, 2.05) is 36.4 Å². The summed E-state index contributed by atoms with van der Waals surface area (Å²) in [6.45, 7) is 0.201. The fourth-order valence-corrected chi connectivity index (χ4v) is 5.14. The lowest BCUT2D eigenvalue weighted by Crippen LogP contribution is -2.35. The number of cyclic esters (lactones) is 1. The van der Waals surface area contributed by atoms with Crippen LogP contribution in [0.3, 0.4) is 0 Å². The Morgan fingerprint density at radius 2 is 1.84 bits per heavy atom. The monoisotopic (exact) mass is 432 g/mol. The van der Waals surface area contributed by atoms with E-state index in [1.165, 1.54) is 11.0 Å². The second-order valence-electron chi connectivity index (χ2n) is 8.75. The van der Waals surface area contributed by atoms with Crippen LogP contribution in [0.5, 0.6) is 0 Å². The third kappa shape index (κ3) is 3.97. The molecule has 1 unspecified atom stereocenters. The largest absolute Gasteiger partial charge is 0.446 e. The van der Waals surface area contributed by atoms with Crippen molar-refractivity contribution in [2.45, 2.75) is 44.1 Å². The summed E-state index contributed by atoms with van der Waals surface area (Å²) >= 11 is 0. The summed E-state index contributed by atoms with van der Waals surface area (Å²) in [6.07, 6.45) is 5.23. The van der Waals surface area contributed by atoms with Gasteiger partial charge >= 0.3 is 6.09 Å². The second-order valence-corrected chi connectivity index (χ2v) is 8.75. The summed E-state index contributed by atoms with van der Waals surface area (Å²) in [5, 5.41) is 0.873. The van der Waals surface area contributed by atoms with Gasteiger partial charge < -0.3 is 4.74 Å². The zero-order chi connectivity index (χ0) is 22.1. The predicted molar refractivity (Wildman–Crippen MR) is 118 cm³/mol. The maximum atomic E-state index is 13.8. The summed E-state index contributed by atoms with van der Waals surface area (Å²) < 4.78 is 19.0. The minimum atomic E-state index is -0.553. The van der Waals surface area contributed by atoms with Crippen LogP contribution in [-0.4, -0.2) is 28.5 Å². The number of amides is 2. The van der Waals surface area contributed by atoms with E-state index in [-0.39, 0.29) is 30.3 Å². The van der Waals surface area contributed by atoms with E-state index in [0.29, 0.717) is 12.3 Å². The maximum absolute atomic E-state index is 13.8. The Kier molecular flexibility index (Phi) is 5.60. The number of fused-ring (bicyclic) bond motifs is 1. The molecule has 1 atom stereocenters. The highest BCUT2D eigenvalue weighted by Gasteiger charge is 2.39. The molecule has 1 saturated heterocycles. The van der Waals surface area contributed by atoms with Crippen molar-refractivity contribution < 1.29 is 18.7 Å². The van der Waals surface area contributed by atoms with Crippen LogP contribution in [0.15, 0.2) is 60.8 Å². The molecule has 0 bridgehead atoms. The van der Waals surface area contributed by atoms with Crippen LogP contribution in [0.4, 0.5) is 9.18 Å². The summed E-state index contributed by atoms with van der Waals surface area (Å²) in [4.78, 5) is 31.0. The van der Waals surface area contributed by atoms with Crippen LogP contribution in [0.2, 0.25) is 0 Å². The number of imide groups is 1. The van der Waals surface area contributed by atoms with Crippen molar-refractivity contribution in [1.82, 2.24) is 9.88 Å². The van der Waals surface area contributed by atoms with Crippen molar-refractivity contribution >= 4 is 22.9 Å². The number of ether oxygens (including phenoxy) is 1. The molecule has 0 radical (unpaired) electrons. The minimum absolute atomic E-state index is 0.166. The molecule has 2 aliphatic rings. The molecule has 2 amide bonds. The molecule has 164 valence electrons. The van der Waals surface area contributed by atoms with Crippen LogP contribution in [0.25, 0.3) is 10.9 Å². The topological polar surface area (TPSA) is 59.5 Å². The first-order valence-corrected chi connectivity index (χ1v) is 11.2. The number of aromatic nitrogens is 1. The van der Waals surface area contributed by atoms with Gasteiger partial charge in [0, 0.05) is 18.0 Å². The van der Waals surface area contributed by atoms with E-state index in [4.69, 9.17) is 4.74 Å². The number of rotatable bonds is 4. The van der Waals surface area contributed by atoms with Gasteiger partial charge in [0.05, 0.1) is 5.52 Å². The predicted octanol–water partition coefficient (Wildman–Crippen LogP) is 5.76. The molecular weight excluding hydrogens is 407 g/mol. The highest BCUT2D eigenvalue weighted by molar-refractivity contribution is 5.93. The van der Waals surface area contributed by atoms with Crippen molar-refractivity contribution in [2.24, 2.45) is 5.92 Å². The zero-order valence-electron chi connectivity index (χ0n) is 17.7. The van der Waals surface area contributed by atoms with E-state index >= 15 is 0 Å². The Hall–Kier alpha value is -3.28. The number of nitrogens with zero attached hydrogens (tertiary/aromatic N) is 2. The van der Waals surface area contributed by atoms with Gasteiger partial charge in [0.15, 0.2) is 0 Å². The fraction of sp³-hybridized carbons (Fsp3) is 0.346. The van der Waals surface area contributed by atoms with Crippen molar-refractivity contribution in [1.29, 1.82) is 0 Å². The first-order valence-electron chi connectivity index (χ1n) is 11.2. The average molecular weight is 432 g/mol. The SMILES string of the molecule is O=C(CC1CCC(c2ccnc3ccc(F)cc23)CC1)N1C(=O)OCC1c1ccccc1. The molecule has 1 aliphatic heterocycles. The van der Waals surface area contributed by atoms with Gasteiger partial charge in [-0.15, -0.1) is 0 Å². The number of halogens is 1. The van der Waals surface area contributed by atoms with Crippen molar-refractivity contribution in [2.75, 3.05) is 6.61 Å². The molecule has 2 aromatic carbocycles. The van der Waals surface area contributed by atoms with Crippen LogP contribution < -0.4 is 0 Å². The van der Waals surface area contributed by atoms with Gasteiger partial charge in [0.1, 0.15) is 18.5 Å². The lowest BCUT2D eigenvalue weighted by molar-refractivity contribution is -0.130. The fourth-order valence-electron chi connectivity index (χ4n) is 5.14. The molecule has 6 heteroatoms. The van der Waals surface area contributed by atoms with Gasteiger partial charge in [-0.3, -0.25) is 9.78 Å². The van der Waals surface area contributed by atoms with Crippen LogP contribution in [0, 0.1) is 11.7 Å². The molecule has 5 nitrogen and oxygen atoms in total. The molecule has 5 rings (SSSR count). The number of hydrogen-bond acceptors (Lipinski definition) is 4. The zero-order valence-corrected chi connectivity index (χ0v) is 17.7. The summed E-state index contributed by atoms with van der Waals surface area (Å²) in [6, 6.07) is 15.9. The Morgan fingerprint density at radius 3 is 2.62 bits per heavy atom. The number of carbonyl (C=O) groups is 2. The van der Waals surface area contributed by atoms with Gasteiger partial charge in [0.25, 0.3) is 0 Å². The van der Waals surface area contributed by atoms with Gasteiger partial charge in [-0.05, 0) is 72.9 Å². The van der Waals surface area contributed by atoms with Gasteiger partial charge in [-0.2, -0.15) is 0 Å². The smallest absolute Gasteiger partial charge is 0.417 e. The lowest BCUT2D eigenvalue weighted by Gasteiger charge is -2.30. The lowest BCUT2D eigenvalue weighted by atomic mass is 9.76. The number of carbonyl (C=O) groups excluding carboxylic acids is 2. The van der Waals surface area contributed by atoms with Crippen molar-refractivity contribution in [3.63, 3.8) is 0 Å². The van der Waals surface area contributed by atoms with E-state index < -0.39 is 6.09 Å². The minimum Gasteiger partial charge on any atom is -0.446 e. The molecule has 0 spiro atoms. The first-order chi connectivity index (χ1) is 15.6. The highest BCUT2D eigenvalue weighted by Crippen LogP contribution is 2.40. The maximum Gasteiger partial charge on any atom is 0.417 e. The molecular formula is C26H25FN2O3. The highest BCUT2D eigenvalue weighted by atomic mass is 19.1. The van der Waals surface area contributed by atoms with Gasteiger partial charge in [-0.1, -0.05) is 30.3 Å². The molecule has 32 heavy (non-hydrogen) atoms. The summed E-state index contributed by atoms with van der Waals surface area (Å²) in [5.74, 6) is 0.133. The number of pyridine rings is 1. The molecule has 1 saturated carbocycles. The van der Waals surface area contributed by atoms with Gasteiger partial charge in [0.2, 0.25) is 5.91 Å². The molecule has 0 N–H and O–H groups in total. The van der Waals surface area contributed by atoms with Crippen LogP contribution in [-0.2, 0) is 9.53 Å². The van der Waals surface area contributed by atoms with Crippen molar-refractivity contribution in [3.05, 3.63) is 77.7 Å². The van der Waals surface area contributed by atoms with Crippen molar-refractivity contribution in [3.8, 4) is 0 Å². The summed E-state index contributed by atoms with van der Waals surface area (Å²) in [5.41, 5.74) is 2.85. The Balaban J connectivity index is 1.25. The quantitative estimate of drug-likeness (QED) is 0.526. The normalized spacial score (nSPS) is 23.3. The third-order valence-corrected chi connectivity index (χ3v) is 6.81. The molecule has 1 aliphatic carbocycles. The van der Waals surface area contributed by atoms with E-state index in [9.17, 15) is 14.0 Å². The van der Waals surface area contributed by atoms with Gasteiger partial charge in [-0.25, -0.2) is 14.1 Å². The van der Waals surface area contributed by atoms with Crippen LogP contribution >= 0.6 is 0 Å². The molecule has 2 heterocycles. The van der Waals surface area contributed by atoms with Crippen LogP contribution in [0.1, 0.15) is 55.2 Å².